The van der Waals surface area contributed by atoms with E-state index >= 15 is 0 Å². The van der Waals surface area contributed by atoms with Crippen LogP contribution in [-0.2, 0) is 21.5 Å². The number of phenols is 1. The van der Waals surface area contributed by atoms with Crippen molar-refractivity contribution in [1.29, 1.82) is 0 Å². The highest BCUT2D eigenvalue weighted by molar-refractivity contribution is 7.92. The third kappa shape index (κ3) is 3.29. The molecule has 3 rings (SSSR count). The van der Waals surface area contributed by atoms with Gasteiger partial charge in [0, 0.05) is 19.6 Å². The maximum atomic E-state index is 14.4. The van der Waals surface area contributed by atoms with Gasteiger partial charge in [-0.25, -0.2) is 17.8 Å². The van der Waals surface area contributed by atoms with Crippen molar-refractivity contribution in [2.24, 2.45) is 0 Å². The average molecular weight is 361 g/mol. The highest BCUT2D eigenvalue weighted by atomic mass is 32.2. The maximum absolute atomic E-state index is 14.4. The summed E-state index contributed by atoms with van der Waals surface area (Å²) in [5.74, 6) is -2.30. The number of carbonyl (C=O) groups excluding carboxylic acids is 1. The monoisotopic (exact) mass is 361 g/mol. The van der Waals surface area contributed by atoms with Crippen LogP contribution in [0.1, 0.15) is 18.4 Å². The van der Waals surface area contributed by atoms with Crippen molar-refractivity contribution >= 4 is 21.8 Å². The number of nitrogens with one attached hydrogen (secondary N) is 1. The summed E-state index contributed by atoms with van der Waals surface area (Å²) in [6, 6.07) is 2.38. The molecular weight excluding hydrogens is 344 g/mol. The lowest BCUT2D eigenvalue weighted by Crippen LogP contribution is -2.34. The zero-order valence-electron chi connectivity index (χ0n) is 12.7. The smallest absolute Gasteiger partial charge is 0.326 e. The number of hydrogen-bond acceptors (Lipinski definition) is 5. The van der Waals surface area contributed by atoms with Crippen molar-refractivity contribution in [2.75, 3.05) is 23.9 Å². The number of piperidine rings is 1. The fourth-order valence-corrected chi connectivity index (χ4v) is 4.11. The van der Waals surface area contributed by atoms with Crippen LogP contribution < -0.4 is 9.03 Å². The topological polar surface area (TPSA) is 90.0 Å². The van der Waals surface area contributed by atoms with Gasteiger partial charge in [-0.1, -0.05) is 0 Å². The number of anilines is 1. The molecular formula is C14H17F2N3O4S. The van der Waals surface area contributed by atoms with Gasteiger partial charge in [0.15, 0.2) is 5.82 Å². The van der Waals surface area contributed by atoms with Crippen LogP contribution in [0, 0.1) is 5.82 Å². The van der Waals surface area contributed by atoms with Gasteiger partial charge >= 0.3 is 10.2 Å². The van der Waals surface area contributed by atoms with E-state index < -0.39 is 46.1 Å². The van der Waals surface area contributed by atoms with E-state index in [-0.39, 0.29) is 0 Å². The molecule has 7 nitrogen and oxygen atoms in total. The summed E-state index contributed by atoms with van der Waals surface area (Å²) in [4.78, 5) is 13.2. The van der Waals surface area contributed by atoms with Gasteiger partial charge in [-0.3, -0.25) is 9.69 Å². The Hall–Kier alpha value is -1.94. The third-order valence-electron chi connectivity index (χ3n) is 4.10. The Labute approximate surface area is 138 Å². The predicted molar refractivity (Wildman–Crippen MR) is 81.9 cm³/mol. The number of benzene rings is 1. The molecule has 0 radical (unpaired) electrons. The van der Waals surface area contributed by atoms with E-state index in [2.05, 4.69) is 0 Å². The number of likely N-dealkylation sites (tertiary alicyclic amines) is 1. The number of carbonyl (C=O) groups is 1. The molecule has 2 N–H and O–H groups in total. The molecule has 2 aliphatic rings. The summed E-state index contributed by atoms with van der Waals surface area (Å²) in [6.07, 6.45) is -0.00205. The molecule has 0 unspecified atom stereocenters. The Balaban J connectivity index is 1.83. The number of nitrogens with zero attached hydrogens (tertiary/aromatic N) is 2. The summed E-state index contributed by atoms with van der Waals surface area (Å²) in [6.45, 7) is 0.798. The van der Waals surface area contributed by atoms with Crippen LogP contribution in [0.15, 0.2) is 12.1 Å². The van der Waals surface area contributed by atoms with Crippen molar-refractivity contribution in [2.45, 2.75) is 25.6 Å². The number of amides is 1. The van der Waals surface area contributed by atoms with E-state index in [9.17, 15) is 27.1 Å². The fraction of sp³-hybridized carbons (Fsp3) is 0.500. The zero-order valence-corrected chi connectivity index (χ0v) is 13.5. The quantitative estimate of drug-likeness (QED) is 0.825. The van der Waals surface area contributed by atoms with Gasteiger partial charge < -0.3 is 5.11 Å². The molecule has 2 fully saturated rings. The van der Waals surface area contributed by atoms with Gasteiger partial charge in [-0.15, -0.1) is 0 Å². The minimum atomic E-state index is -4.20. The van der Waals surface area contributed by atoms with Crippen LogP contribution in [0.2, 0.25) is 0 Å². The van der Waals surface area contributed by atoms with Crippen molar-refractivity contribution in [3.63, 3.8) is 0 Å². The molecule has 24 heavy (non-hydrogen) atoms. The second-order valence-corrected chi connectivity index (χ2v) is 7.53. The Morgan fingerprint density at radius 2 is 1.96 bits per heavy atom. The molecule has 1 amide bonds. The highest BCUT2D eigenvalue weighted by Gasteiger charge is 2.37. The molecule has 0 spiro atoms. The second kappa shape index (κ2) is 6.17. The van der Waals surface area contributed by atoms with Crippen LogP contribution >= 0.6 is 0 Å². The largest absolute Gasteiger partial charge is 0.506 e. The van der Waals surface area contributed by atoms with Crippen molar-refractivity contribution in [3.8, 4) is 5.75 Å². The van der Waals surface area contributed by atoms with E-state index in [1.54, 1.807) is 4.72 Å². The highest BCUT2D eigenvalue weighted by Crippen LogP contribution is 2.35. The van der Waals surface area contributed by atoms with E-state index in [4.69, 9.17) is 0 Å². The van der Waals surface area contributed by atoms with E-state index in [1.165, 1.54) is 6.07 Å². The normalized spacial score (nSPS) is 21.9. The molecule has 0 bridgehead atoms. The summed E-state index contributed by atoms with van der Waals surface area (Å²) in [5, 5.41) is 10.1. The van der Waals surface area contributed by atoms with E-state index in [0.717, 1.165) is 6.07 Å². The first-order valence-electron chi connectivity index (χ1n) is 7.47. The van der Waals surface area contributed by atoms with Crippen molar-refractivity contribution in [1.82, 2.24) is 9.62 Å². The van der Waals surface area contributed by atoms with Crippen molar-refractivity contribution in [3.05, 3.63) is 23.5 Å². The van der Waals surface area contributed by atoms with E-state index in [0.29, 0.717) is 42.3 Å². The second-order valence-electron chi connectivity index (χ2n) is 5.93. The molecule has 2 heterocycles. The molecule has 2 aliphatic heterocycles. The van der Waals surface area contributed by atoms with Crippen LogP contribution in [0.5, 0.6) is 5.75 Å². The maximum Gasteiger partial charge on any atom is 0.326 e. The predicted octanol–water partition coefficient (Wildman–Crippen LogP) is 0.646. The Morgan fingerprint density at radius 3 is 2.50 bits per heavy atom. The minimum absolute atomic E-state index is 0.321. The molecule has 0 aromatic heterocycles. The average Bonchev–Trinajstić information content (AvgIpc) is 2.74. The number of phenolic OH excluding ortho intramolecular Hbond substituents is 1. The standard InChI is InChI=1S/C14H17F2N3O4S/c15-10-1-3-18(4-2-10)7-9-5-11(16)14(12(20)6-9)19-8-13(21)17-24(19,22)23/h5-6,10,20H,1-4,7-8H2,(H,17,21). The number of hydrogen-bond donors (Lipinski definition) is 2. The van der Waals surface area contributed by atoms with Gasteiger partial charge in [0.05, 0.1) is 0 Å². The summed E-state index contributed by atoms with van der Waals surface area (Å²) < 4.78 is 53.3. The summed E-state index contributed by atoms with van der Waals surface area (Å²) in [7, 11) is -4.20. The molecule has 2 saturated heterocycles. The van der Waals surface area contributed by atoms with Gasteiger partial charge in [0.25, 0.3) is 5.91 Å². The molecule has 0 saturated carbocycles. The molecule has 1 aromatic rings. The lowest BCUT2D eigenvalue weighted by molar-refractivity contribution is -0.117. The number of halogens is 2. The lowest BCUT2D eigenvalue weighted by Gasteiger charge is -2.28. The molecule has 0 atom stereocenters. The zero-order chi connectivity index (χ0) is 17.5. The number of alkyl halides is 1. The first kappa shape index (κ1) is 16.9. The van der Waals surface area contributed by atoms with Gasteiger partial charge in [-0.2, -0.15) is 8.42 Å². The minimum Gasteiger partial charge on any atom is -0.506 e. The lowest BCUT2D eigenvalue weighted by atomic mass is 10.1. The molecule has 132 valence electrons. The fourth-order valence-electron chi connectivity index (χ4n) is 2.94. The van der Waals surface area contributed by atoms with Crippen LogP contribution in [-0.4, -0.2) is 50.1 Å². The Kier molecular flexibility index (Phi) is 4.35. The van der Waals surface area contributed by atoms with Crippen LogP contribution in [0.3, 0.4) is 0 Å². The summed E-state index contributed by atoms with van der Waals surface area (Å²) in [5.41, 5.74) is -0.110. The number of rotatable bonds is 3. The summed E-state index contributed by atoms with van der Waals surface area (Å²) >= 11 is 0. The van der Waals surface area contributed by atoms with Gasteiger partial charge in [0.1, 0.15) is 24.2 Å². The molecule has 1 aromatic carbocycles. The number of aromatic hydroxyl groups is 1. The van der Waals surface area contributed by atoms with Crippen LogP contribution in [0.4, 0.5) is 14.5 Å². The first-order valence-corrected chi connectivity index (χ1v) is 8.91. The van der Waals surface area contributed by atoms with Gasteiger partial charge in [-0.05, 0) is 30.5 Å². The SMILES string of the molecule is O=C1CN(c2c(O)cc(CN3CCC(F)CC3)cc2F)S(=O)(=O)N1. The van der Waals surface area contributed by atoms with E-state index in [1.807, 2.05) is 4.90 Å². The third-order valence-corrected chi connectivity index (χ3v) is 5.47. The Bertz CT molecular complexity index is 740. The van der Waals surface area contributed by atoms with Crippen molar-refractivity contribution < 1.29 is 27.1 Å². The molecule has 10 heteroatoms. The first-order chi connectivity index (χ1) is 11.3. The van der Waals surface area contributed by atoms with Crippen LogP contribution in [0.25, 0.3) is 0 Å². The molecule has 0 aliphatic carbocycles. The van der Waals surface area contributed by atoms with Gasteiger partial charge in [0.2, 0.25) is 0 Å². The Morgan fingerprint density at radius 1 is 1.29 bits per heavy atom.